The summed E-state index contributed by atoms with van der Waals surface area (Å²) in [5, 5.41) is 10.4. The molecule has 1 aliphatic carbocycles. The summed E-state index contributed by atoms with van der Waals surface area (Å²) in [4.78, 5) is 2.43. The first kappa shape index (κ1) is 15.8. The Morgan fingerprint density at radius 1 is 1.32 bits per heavy atom. The van der Waals surface area contributed by atoms with Crippen LogP contribution >= 0.6 is 0 Å². The van der Waals surface area contributed by atoms with Gasteiger partial charge in [0.2, 0.25) is 0 Å². The molecule has 1 N–H and O–H groups in total. The van der Waals surface area contributed by atoms with E-state index < -0.39 is 0 Å². The first-order valence-electron chi connectivity index (χ1n) is 8.56. The van der Waals surface area contributed by atoms with Crippen molar-refractivity contribution in [1.82, 2.24) is 4.90 Å². The summed E-state index contributed by atoms with van der Waals surface area (Å²) < 4.78 is 5.89. The molecule has 2 fully saturated rings. The Balaban J connectivity index is 1.97. The number of likely N-dealkylation sites (tertiary alicyclic amines) is 1. The van der Waals surface area contributed by atoms with E-state index in [0.717, 1.165) is 31.6 Å². The summed E-state index contributed by atoms with van der Waals surface area (Å²) in [7, 11) is 2.20. The smallest absolute Gasteiger partial charge is 0.119 e. The highest BCUT2D eigenvalue weighted by Gasteiger charge is 2.49. The molecule has 2 bridgehead atoms. The second-order valence-corrected chi connectivity index (χ2v) is 7.64. The fourth-order valence-electron chi connectivity index (χ4n) is 4.57. The van der Waals surface area contributed by atoms with E-state index in [0.29, 0.717) is 12.0 Å². The molecule has 1 aromatic rings. The Bertz CT molecular complexity index is 530. The fourth-order valence-corrected chi connectivity index (χ4v) is 4.57. The van der Waals surface area contributed by atoms with Crippen molar-refractivity contribution in [2.24, 2.45) is 5.92 Å². The highest BCUT2D eigenvalue weighted by atomic mass is 16.5. The van der Waals surface area contributed by atoms with Gasteiger partial charge in [-0.15, -0.1) is 0 Å². The molecule has 22 heavy (non-hydrogen) atoms. The van der Waals surface area contributed by atoms with Crippen molar-refractivity contribution in [3.05, 3.63) is 29.8 Å². The number of fused-ring (bicyclic) bond motifs is 2. The molecule has 3 rings (SSSR count). The number of hydrogen-bond donors (Lipinski definition) is 1. The average molecular weight is 303 g/mol. The molecule has 3 heteroatoms. The quantitative estimate of drug-likeness (QED) is 0.931. The summed E-state index contributed by atoms with van der Waals surface area (Å²) in [6.07, 6.45) is 2.93. The van der Waals surface area contributed by atoms with E-state index in [1.54, 1.807) is 0 Å². The number of aliphatic hydroxyl groups is 1. The lowest BCUT2D eigenvalue weighted by atomic mass is 9.58. The number of aliphatic hydroxyl groups excluding tert-OH is 1. The standard InChI is InChI=1S/C19H29NO2/c1-13(2)22-18-7-5-6-15(8-18)19-10-16(9-17(21)11-19)20(4)12-14(19)3/h5-8,13-14,16-17,21H,9-12H2,1-4H3/t14-,16+,17?,19-/m0/s1. The third kappa shape index (κ3) is 2.77. The lowest BCUT2D eigenvalue weighted by Crippen LogP contribution is -2.58. The van der Waals surface area contributed by atoms with Crippen LogP contribution in [0.15, 0.2) is 24.3 Å². The third-order valence-corrected chi connectivity index (χ3v) is 5.65. The van der Waals surface area contributed by atoms with Crippen molar-refractivity contribution in [3.8, 4) is 5.75 Å². The number of hydrogen-bond acceptors (Lipinski definition) is 3. The zero-order valence-electron chi connectivity index (χ0n) is 14.2. The number of ether oxygens (including phenoxy) is 1. The van der Waals surface area contributed by atoms with Crippen LogP contribution in [0, 0.1) is 5.92 Å². The van der Waals surface area contributed by atoms with Gasteiger partial charge in [0, 0.05) is 18.0 Å². The maximum Gasteiger partial charge on any atom is 0.119 e. The van der Waals surface area contributed by atoms with Crippen LogP contribution < -0.4 is 4.74 Å². The third-order valence-electron chi connectivity index (χ3n) is 5.65. The van der Waals surface area contributed by atoms with E-state index in [9.17, 15) is 5.11 Å². The number of piperidine rings is 1. The summed E-state index contributed by atoms with van der Waals surface area (Å²) in [6, 6.07) is 9.06. The molecule has 4 atom stereocenters. The van der Waals surface area contributed by atoms with Gasteiger partial charge in [-0.2, -0.15) is 0 Å². The second kappa shape index (κ2) is 5.86. The Kier molecular flexibility index (Phi) is 4.21. The minimum atomic E-state index is -0.196. The summed E-state index contributed by atoms with van der Waals surface area (Å²) >= 11 is 0. The van der Waals surface area contributed by atoms with Crippen LogP contribution in [0.25, 0.3) is 0 Å². The second-order valence-electron chi connectivity index (χ2n) is 7.64. The zero-order valence-corrected chi connectivity index (χ0v) is 14.2. The van der Waals surface area contributed by atoms with Gasteiger partial charge >= 0.3 is 0 Å². The largest absolute Gasteiger partial charge is 0.491 e. The van der Waals surface area contributed by atoms with Gasteiger partial charge in [0.25, 0.3) is 0 Å². The SMILES string of the molecule is CC(C)Oc1cccc([C@]23CC(O)C[C@H](C2)N(C)C[C@@H]3C)c1. The summed E-state index contributed by atoms with van der Waals surface area (Å²) in [5.74, 6) is 1.49. The monoisotopic (exact) mass is 303 g/mol. The van der Waals surface area contributed by atoms with Gasteiger partial charge in [-0.05, 0) is 63.8 Å². The molecule has 2 aliphatic rings. The topological polar surface area (TPSA) is 32.7 Å². The van der Waals surface area contributed by atoms with Crippen molar-refractivity contribution < 1.29 is 9.84 Å². The van der Waals surface area contributed by atoms with E-state index in [-0.39, 0.29) is 17.6 Å². The van der Waals surface area contributed by atoms with Crippen LogP contribution in [-0.2, 0) is 5.41 Å². The van der Waals surface area contributed by atoms with Crippen molar-refractivity contribution in [3.63, 3.8) is 0 Å². The first-order valence-corrected chi connectivity index (χ1v) is 8.56. The Hall–Kier alpha value is -1.06. The maximum atomic E-state index is 10.4. The predicted octanol–water partition coefficient (Wildman–Crippen LogP) is 3.21. The van der Waals surface area contributed by atoms with Gasteiger partial charge in [0.15, 0.2) is 0 Å². The average Bonchev–Trinajstić information content (AvgIpc) is 2.44. The maximum absolute atomic E-state index is 10.4. The Morgan fingerprint density at radius 3 is 2.82 bits per heavy atom. The van der Waals surface area contributed by atoms with Crippen LogP contribution in [0.3, 0.4) is 0 Å². The minimum absolute atomic E-state index is 0.0885. The van der Waals surface area contributed by atoms with E-state index in [2.05, 4.69) is 50.9 Å². The molecule has 3 nitrogen and oxygen atoms in total. The number of rotatable bonds is 3. The van der Waals surface area contributed by atoms with Crippen molar-refractivity contribution in [2.45, 2.75) is 63.7 Å². The molecule has 0 radical (unpaired) electrons. The predicted molar refractivity (Wildman–Crippen MR) is 89.3 cm³/mol. The molecule has 1 saturated carbocycles. The first-order chi connectivity index (χ1) is 10.4. The van der Waals surface area contributed by atoms with Crippen LogP contribution in [0.1, 0.15) is 45.6 Å². The number of nitrogens with zero attached hydrogens (tertiary/aromatic N) is 1. The van der Waals surface area contributed by atoms with E-state index in [4.69, 9.17) is 4.74 Å². The molecule has 1 unspecified atom stereocenters. The molecule has 1 aliphatic heterocycles. The highest BCUT2D eigenvalue weighted by Crippen LogP contribution is 2.50. The molecular formula is C19H29NO2. The molecule has 122 valence electrons. The van der Waals surface area contributed by atoms with Crippen molar-refractivity contribution >= 4 is 0 Å². The normalized spacial score (nSPS) is 35.6. The van der Waals surface area contributed by atoms with Crippen molar-refractivity contribution in [1.29, 1.82) is 0 Å². The van der Waals surface area contributed by atoms with Crippen LogP contribution in [0.5, 0.6) is 5.75 Å². The molecule has 0 aromatic heterocycles. The van der Waals surface area contributed by atoms with Crippen molar-refractivity contribution in [2.75, 3.05) is 13.6 Å². The lowest BCUT2D eigenvalue weighted by molar-refractivity contribution is -0.0353. The summed E-state index contributed by atoms with van der Waals surface area (Å²) in [5.41, 5.74) is 1.43. The minimum Gasteiger partial charge on any atom is -0.491 e. The van der Waals surface area contributed by atoms with Crippen LogP contribution in [0.4, 0.5) is 0 Å². The molecule has 1 saturated heterocycles. The van der Waals surface area contributed by atoms with E-state index in [1.807, 2.05) is 6.07 Å². The van der Waals surface area contributed by atoms with Gasteiger partial charge in [0.05, 0.1) is 12.2 Å². The van der Waals surface area contributed by atoms with E-state index >= 15 is 0 Å². The van der Waals surface area contributed by atoms with Gasteiger partial charge < -0.3 is 14.7 Å². The zero-order chi connectivity index (χ0) is 15.9. The Morgan fingerprint density at radius 2 is 2.09 bits per heavy atom. The Labute approximate surface area is 134 Å². The van der Waals surface area contributed by atoms with Gasteiger partial charge in [-0.3, -0.25) is 0 Å². The number of benzene rings is 1. The fraction of sp³-hybridized carbons (Fsp3) is 0.684. The van der Waals surface area contributed by atoms with Crippen LogP contribution in [-0.4, -0.2) is 41.8 Å². The molecule has 0 amide bonds. The van der Waals surface area contributed by atoms with Crippen LogP contribution in [0.2, 0.25) is 0 Å². The van der Waals surface area contributed by atoms with Gasteiger partial charge in [-0.25, -0.2) is 0 Å². The molecule has 1 heterocycles. The molecule has 0 spiro atoms. The molecular weight excluding hydrogens is 274 g/mol. The van der Waals surface area contributed by atoms with Gasteiger partial charge in [-0.1, -0.05) is 19.1 Å². The molecule has 1 aromatic carbocycles. The lowest BCUT2D eigenvalue weighted by Gasteiger charge is -2.55. The van der Waals surface area contributed by atoms with E-state index in [1.165, 1.54) is 5.56 Å². The summed E-state index contributed by atoms with van der Waals surface area (Å²) in [6.45, 7) is 7.56. The highest BCUT2D eigenvalue weighted by molar-refractivity contribution is 5.36. The van der Waals surface area contributed by atoms with Gasteiger partial charge in [0.1, 0.15) is 5.75 Å².